The van der Waals surface area contributed by atoms with Gasteiger partial charge in [0.1, 0.15) is 18.2 Å². The Labute approximate surface area is 232 Å². The van der Waals surface area contributed by atoms with Gasteiger partial charge in [-0.3, -0.25) is 4.90 Å². The molecule has 3 aliphatic rings. The zero-order valence-corrected chi connectivity index (χ0v) is 23.0. The lowest BCUT2D eigenvalue weighted by molar-refractivity contribution is -0.943. The summed E-state index contributed by atoms with van der Waals surface area (Å²) < 4.78 is 35.2. The van der Waals surface area contributed by atoms with Crippen LogP contribution in [0, 0.1) is 17.6 Å². The number of hydrogen-bond donors (Lipinski definition) is 0. The summed E-state index contributed by atoms with van der Waals surface area (Å²) in [5.41, 5.74) is 0.864. The van der Waals surface area contributed by atoms with E-state index in [9.17, 15) is 13.6 Å². The third kappa shape index (κ3) is 6.72. The number of ether oxygens (including phenoxy) is 1. The third-order valence-corrected chi connectivity index (χ3v) is 8.48. The normalized spacial score (nSPS) is 22.2. The van der Waals surface area contributed by atoms with Gasteiger partial charge in [-0.05, 0) is 42.0 Å². The smallest absolute Gasteiger partial charge is 0.415 e. The minimum Gasteiger partial charge on any atom is -1.00 e. The van der Waals surface area contributed by atoms with Crippen LogP contribution in [-0.4, -0.2) is 48.6 Å². The number of benzene rings is 3. The van der Waals surface area contributed by atoms with Crippen LogP contribution in [0.5, 0.6) is 0 Å². The van der Waals surface area contributed by atoms with Crippen molar-refractivity contribution in [2.75, 3.05) is 36.8 Å². The summed E-state index contributed by atoms with van der Waals surface area (Å²) in [5.74, 6) is 0.503. The Hall–Kier alpha value is -2.42. The second-order valence-electron chi connectivity index (χ2n) is 9.78. The van der Waals surface area contributed by atoms with Crippen molar-refractivity contribution in [3.63, 3.8) is 0 Å². The predicted molar refractivity (Wildman–Crippen MR) is 139 cm³/mol. The van der Waals surface area contributed by atoms with E-state index in [1.807, 2.05) is 17.8 Å². The Morgan fingerprint density at radius 2 is 1.62 bits per heavy atom. The molecule has 3 saturated heterocycles. The summed E-state index contributed by atoms with van der Waals surface area (Å²) in [6.45, 7) is 4.16. The number of carbonyl (C=O) groups is 1. The van der Waals surface area contributed by atoms with E-state index in [1.54, 1.807) is 30.3 Å². The van der Waals surface area contributed by atoms with Gasteiger partial charge in [0.25, 0.3) is 0 Å². The van der Waals surface area contributed by atoms with Gasteiger partial charge in [0.15, 0.2) is 6.10 Å². The minimum atomic E-state index is -0.556. The summed E-state index contributed by atoms with van der Waals surface area (Å²) >= 11 is 1.87. The molecule has 0 spiro atoms. The Balaban J connectivity index is 0.00000320. The number of thioether (sulfide) groups is 1. The van der Waals surface area contributed by atoms with Crippen LogP contribution >= 0.6 is 11.8 Å². The van der Waals surface area contributed by atoms with Crippen molar-refractivity contribution >= 4 is 23.5 Å². The highest BCUT2D eigenvalue weighted by Crippen LogP contribution is 2.37. The number of carbonyl (C=O) groups excluding carboxylic acids is 1. The van der Waals surface area contributed by atoms with Gasteiger partial charge in [-0.15, -0.1) is 11.8 Å². The molecule has 3 aliphatic heterocycles. The van der Waals surface area contributed by atoms with Crippen LogP contribution in [0.1, 0.15) is 18.4 Å². The maximum Gasteiger partial charge on any atom is 0.415 e. The van der Waals surface area contributed by atoms with E-state index in [4.69, 9.17) is 4.74 Å². The SMILES string of the molecule is O=C(O[C@H]1C[N+]2(CCSc3ccccc3)CCC1CC2)N(Cc1ccc(F)cc1)c1ccccc1F.[Br-]. The molecule has 3 fully saturated rings. The number of halogens is 3. The zero-order chi connectivity index (χ0) is 25.0. The molecule has 3 heterocycles. The van der Waals surface area contributed by atoms with E-state index in [-0.39, 0.29) is 41.1 Å². The van der Waals surface area contributed by atoms with Crippen molar-refractivity contribution in [2.45, 2.75) is 30.4 Å². The monoisotopic (exact) mass is 588 g/mol. The Morgan fingerprint density at radius 3 is 2.32 bits per heavy atom. The van der Waals surface area contributed by atoms with Crippen LogP contribution in [0.4, 0.5) is 19.3 Å². The molecule has 0 unspecified atom stereocenters. The van der Waals surface area contributed by atoms with Gasteiger partial charge < -0.3 is 26.2 Å². The molecule has 0 saturated carbocycles. The summed E-state index contributed by atoms with van der Waals surface area (Å²) in [7, 11) is 0. The first-order valence-electron chi connectivity index (χ1n) is 12.5. The molecule has 0 aromatic heterocycles. The summed E-state index contributed by atoms with van der Waals surface area (Å²) in [6, 6.07) is 22.5. The lowest BCUT2D eigenvalue weighted by Crippen LogP contribution is -3.00. The Morgan fingerprint density at radius 1 is 0.946 bits per heavy atom. The molecule has 8 heteroatoms. The van der Waals surface area contributed by atoms with Crippen molar-refractivity contribution < 1.29 is 39.8 Å². The molecule has 4 nitrogen and oxygen atoms in total. The van der Waals surface area contributed by atoms with Crippen molar-refractivity contribution in [2.24, 2.45) is 5.92 Å². The summed E-state index contributed by atoms with van der Waals surface area (Å²) in [4.78, 5) is 16.1. The fourth-order valence-electron chi connectivity index (χ4n) is 5.43. The summed E-state index contributed by atoms with van der Waals surface area (Å²) in [5, 5.41) is 0. The van der Waals surface area contributed by atoms with Gasteiger partial charge >= 0.3 is 6.09 Å². The average molecular weight is 590 g/mol. The van der Waals surface area contributed by atoms with E-state index in [0.717, 1.165) is 49.3 Å². The highest BCUT2D eigenvalue weighted by molar-refractivity contribution is 7.99. The predicted octanol–water partition coefficient (Wildman–Crippen LogP) is 3.51. The zero-order valence-electron chi connectivity index (χ0n) is 20.6. The average Bonchev–Trinajstić information content (AvgIpc) is 2.90. The van der Waals surface area contributed by atoms with Crippen LogP contribution in [0.15, 0.2) is 83.8 Å². The topological polar surface area (TPSA) is 29.5 Å². The molecule has 196 valence electrons. The molecule has 1 amide bonds. The fourth-order valence-corrected chi connectivity index (χ4v) is 6.49. The van der Waals surface area contributed by atoms with Crippen LogP contribution in [-0.2, 0) is 11.3 Å². The fraction of sp³-hybridized carbons (Fsp3) is 0.345. The van der Waals surface area contributed by atoms with Gasteiger partial charge in [-0.25, -0.2) is 13.6 Å². The third-order valence-electron chi connectivity index (χ3n) is 7.49. The number of piperidine rings is 3. The number of anilines is 1. The van der Waals surface area contributed by atoms with Gasteiger partial charge in [0.05, 0.1) is 31.9 Å². The molecule has 37 heavy (non-hydrogen) atoms. The molecule has 6 rings (SSSR count). The van der Waals surface area contributed by atoms with Crippen LogP contribution < -0.4 is 21.9 Å². The number of hydrogen-bond acceptors (Lipinski definition) is 3. The molecule has 1 atom stereocenters. The molecule has 3 aromatic rings. The van der Waals surface area contributed by atoms with Gasteiger partial charge in [-0.2, -0.15) is 0 Å². The molecule has 2 bridgehead atoms. The number of rotatable bonds is 8. The highest BCUT2D eigenvalue weighted by Gasteiger charge is 2.47. The van der Waals surface area contributed by atoms with E-state index in [1.165, 1.54) is 28.0 Å². The van der Waals surface area contributed by atoms with Crippen molar-refractivity contribution in [3.8, 4) is 0 Å². The first-order chi connectivity index (χ1) is 17.5. The van der Waals surface area contributed by atoms with E-state index >= 15 is 0 Å². The maximum absolute atomic E-state index is 14.7. The quantitative estimate of drug-likeness (QED) is 0.298. The Bertz CT molecular complexity index is 1170. The Kier molecular flexibility index (Phi) is 9.27. The lowest BCUT2D eigenvalue weighted by atomic mass is 9.83. The second-order valence-corrected chi connectivity index (χ2v) is 10.9. The van der Waals surface area contributed by atoms with Crippen LogP contribution in [0.25, 0.3) is 0 Å². The van der Waals surface area contributed by atoms with E-state index in [2.05, 4.69) is 24.3 Å². The molecular formula is C29H31BrF2N2O2S. The van der Waals surface area contributed by atoms with Crippen molar-refractivity contribution in [1.29, 1.82) is 0 Å². The van der Waals surface area contributed by atoms with E-state index in [0.29, 0.717) is 11.5 Å². The lowest BCUT2D eigenvalue weighted by Gasteiger charge is -2.52. The highest BCUT2D eigenvalue weighted by atomic mass is 79.9. The number of para-hydroxylation sites is 1. The largest absolute Gasteiger partial charge is 1.00 e. The number of quaternary nitrogens is 1. The molecule has 3 aromatic carbocycles. The minimum absolute atomic E-state index is 0. The van der Waals surface area contributed by atoms with E-state index < -0.39 is 11.9 Å². The first-order valence-corrected chi connectivity index (χ1v) is 13.5. The first kappa shape index (κ1) is 27.6. The van der Waals surface area contributed by atoms with Gasteiger partial charge in [0.2, 0.25) is 0 Å². The molecule has 0 aliphatic carbocycles. The van der Waals surface area contributed by atoms with Crippen molar-refractivity contribution in [3.05, 3.63) is 96.1 Å². The number of nitrogens with zero attached hydrogens (tertiary/aromatic N) is 2. The number of fused-ring (bicyclic) bond motifs is 3. The van der Waals surface area contributed by atoms with Gasteiger partial charge in [0, 0.05) is 29.4 Å². The number of amides is 1. The van der Waals surface area contributed by atoms with Gasteiger partial charge in [-0.1, -0.05) is 42.5 Å². The molecule has 0 N–H and O–H groups in total. The molecular weight excluding hydrogens is 558 g/mol. The standard InChI is InChI=1S/C29H31F2N2O2S.BrH/c30-24-12-10-22(11-13-24)20-32(27-9-5-4-8-26(27)31)29(34)35-28-21-33(16-14-23(28)15-17-33)18-19-36-25-6-2-1-3-7-25;/h1-13,23,28H,14-21H2;1H/q+1;/p-1/t23?,28-,33?;/m0./s1. The summed E-state index contributed by atoms with van der Waals surface area (Å²) in [6.07, 6.45) is 1.32. The molecule has 0 radical (unpaired) electrons. The van der Waals surface area contributed by atoms with Crippen LogP contribution in [0.2, 0.25) is 0 Å². The van der Waals surface area contributed by atoms with Crippen LogP contribution in [0.3, 0.4) is 0 Å². The van der Waals surface area contributed by atoms with Crippen molar-refractivity contribution in [1.82, 2.24) is 0 Å². The maximum atomic E-state index is 14.7. The second kappa shape index (κ2) is 12.4.